The molecule has 3 N–H and O–H groups in total. The maximum atomic E-state index is 5.77. The van der Waals surface area contributed by atoms with Crippen molar-refractivity contribution >= 4 is 23.4 Å². The summed E-state index contributed by atoms with van der Waals surface area (Å²) in [6, 6.07) is 3.50. The Morgan fingerprint density at radius 1 is 1.39 bits per heavy atom. The number of nitrogens with two attached hydrogens (primary N) is 1. The van der Waals surface area contributed by atoms with Crippen LogP contribution in [0.3, 0.4) is 0 Å². The normalized spacial score (nSPS) is 10.9. The fourth-order valence-electron chi connectivity index (χ4n) is 1.39. The molecular formula is C11H14ClN5O. The minimum atomic E-state index is 0.130. The molecule has 0 atom stereocenters. The van der Waals surface area contributed by atoms with Crippen LogP contribution in [0.5, 0.6) is 0 Å². The van der Waals surface area contributed by atoms with E-state index >= 15 is 0 Å². The number of hydrogen-bond donors (Lipinski definition) is 2. The summed E-state index contributed by atoms with van der Waals surface area (Å²) in [5.74, 6) is 1.75. The zero-order valence-corrected chi connectivity index (χ0v) is 10.9. The summed E-state index contributed by atoms with van der Waals surface area (Å²) in [4.78, 5) is 7.77. The van der Waals surface area contributed by atoms with Crippen molar-refractivity contribution < 1.29 is 4.52 Å². The van der Waals surface area contributed by atoms with E-state index in [0.29, 0.717) is 23.4 Å². The van der Waals surface area contributed by atoms with Gasteiger partial charge in [0.05, 0.1) is 12.2 Å². The summed E-state index contributed by atoms with van der Waals surface area (Å²) in [5, 5.41) is 7.31. The first-order valence-corrected chi connectivity index (χ1v) is 5.92. The van der Waals surface area contributed by atoms with Crippen LogP contribution in [-0.4, -0.2) is 15.1 Å². The van der Waals surface area contributed by atoms with Gasteiger partial charge in [-0.2, -0.15) is 4.98 Å². The first-order valence-electron chi connectivity index (χ1n) is 5.54. The van der Waals surface area contributed by atoms with Crippen molar-refractivity contribution in [3.05, 3.63) is 28.7 Å². The molecule has 0 saturated heterocycles. The van der Waals surface area contributed by atoms with Gasteiger partial charge in [0.15, 0.2) is 5.76 Å². The SMILES string of the molecule is CC(C)c1cc(CNc2cc(Cl)nc(N)n2)on1. The molecule has 6 nitrogen and oxygen atoms in total. The fourth-order valence-corrected chi connectivity index (χ4v) is 1.58. The van der Waals surface area contributed by atoms with Crippen LogP contribution in [0.1, 0.15) is 31.2 Å². The minimum Gasteiger partial charge on any atom is -0.368 e. The molecule has 2 rings (SSSR count). The molecule has 0 unspecified atom stereocenters. The van der Waals surface area contributed by atoms with Crippen LogP contribution in [0.4, 0.5) is 11.8 Å². The Labute approximate surface area is 110 Å². The van der Waals surface area contributed by atoms with E-state index in [-0.39, 0.29) is 5.95 Å². The number of nitrogens with zero attached hydrogens (tertiary/aromatic N) is 3. The predicted octanol–water partition coefficient (Wildman–Crippen LogP) is 2.44. The predicted molar refractivity (Wildman–Crippen MR) is 69.4 cm³/mol. The van der Waals surface area contributed by atoms with Crippen molar-refractivity contribution in [2.24, 2.45) is 0 Å². The van der Waals surface area contributed by atoms with Crippen LogP contribution in [0, 0.1) is 0 Å². The molecule has 2 heterocycles. The molecule has 2 aromatic heterocycles. The molecule has 0 amide bonds. The van der Waals surface area contributed by atoms with Crippen LogP contribution in [-0.2, 0) is 6.54 Å². The molecule has 0 bridgehead atoms. The summed E-state index contributed by atoms with van der Waals surface area (Å²) < 4.78 is 5.19. The standard InChI is InChI=1S/C11H14ClN5O/c1-6(2)8-3-7(18-17-8)5-14-10-4-9(12)15-11(13)16-10/h3-4,6H,5H2,1-2H3,(H3,13,14,15,16). The smallest absolute Gasteiger partial charge is 0.223 e. The maximum absolute atomic E-state index is 5.77. The summed E-state index contributed by atoms with van der Waals surface area (Å²) >= 11 is 5.77. The van der Waals surface area contributed by atoms with Gasteiger partial charge in [-0.05, 0) is 5.92 Å². The molecule has 7 heteroatoms. The third kappa shape index (κ3) is 3.10. The van der Waals surface area contributed by atoms with Crippen LogP contribution in [0.25, 0.3) is 0 Å². The van der Waals surface area contributed by atoms with E-state index in [1.54, 1.807) is 6.07 Å². The molecule has 18 heavy (non-hydrogen) atoms. The largest absolute Gasteiger partial charge is 0.368 e. The highest BCUT2D eigenvalue weighted by molar-refractivity contribution is 6.29. The quantitative estimate of drug-likeness (QED) is 0.827. The number of nitrogens with one attached hydrogen (secondary N) is 1. The Kier molecular flexibility index (Phi) is 3.66. The van der Waals surface area contributed by atoms with E-state index < -0.39 is 0 Å². The third-order valence-corrected chi connectivity index (χ3v) is 2.52. The molecule has 2 aromatic rings. The van der Waals surface area contributed by atoms with Crippen molar-refractivity contribution in [3.8, 4) is 0 Å². The molecule has 0 spiro atoms. The van der Waals surface area contributed by atoms with E-state index in [2.05, 4.69) is 34.3 Å². The van der Waals surface area contributed by atoms with Crippen molar-refractivity contribution in [1.82, 2.24) is 15.1 Å². The zero-order chi connectivity index (χ0) is 13.1. The lowest BCUT2D eigenvalue weighted by Gasteiger charge is -2.03. The van der Waals surface area contributed by atoms with Crippen LogP contribution < -0.4 is 11.1 Å². The highest BCUT2D eigenvalue weighted by atomic mass is 35.5. The van der Waals surface area contributed by atoms with Crippen molar-refractivity contribution in [3.63, 3.8) is 0 Å². The lowest BCUT2D eigenvalue weighted by Crippen LogP contribution is -2.03. The van der Waals surface area contributed by atoms with E-state index in [9.17, 15) is 0 Å². The second-order valence-corrected chi connectivity index (χ2v) is 4.55. The highest BCUT2D eigenvalue weighted by Gasteiger charge is 2.08. The Bertz CT molecular complexity index is 520. The van der Waals surface area contributed by atoms with E-state index in [1.165, 1.54) is 0 Å². The summed E-state index contributed by atoms with van der Waals surface area (Å²) in [7, 11) is 0. The van der Waals surface area contributed by atoms with Crippen LogP contribution >= 0.6 is 11.6 Å². The maximum Gasteiger partial charge on any atom is 0.223 e. The first kappa shape index (κ1) is 12.6. The molecule has 0 aromatic carbocycles. The van der Waals surface area contributed by atoms with Gasteiger partial charge in [-0.3, -0.25) is 0 Å². The Morgan fingerprint density at radius 2 is 2.17 bits per heavy atom. The number of halogens is 1. The van der Waals surface area contributed by atoms with Crippen molar-refractivity contribution in [2.75, 3.05) is 11.1 Å². The number of anilines is 2. The summed E-state index contributed by atoms with van der Waals surface area (Å²) in [6.07, 6.45) is 0. The second kappa shape index (κ2) is 5.22. The van der Waals surface area contributed by atoms with Gasteiger partial charge in [0.2, 0.25) is 5.95 Å². The molecule has 0 saturated carbocycles. The van der Waals surface area contributed by atoms with Gasteiger partial charge in [-0.25, -0.2) is 4.98 Å². The average molecular weight is 268 g/mol. The lowest BCUT2D eigenvalue weighted by molar-refractivity contribution is 0.379. The Morgan fingerprint density at radius 3 is 2.78 bits per heavy atom. The van der Waals surface area contributed by atoms with Gasteiger partial charge in [-0.15, -0.1) is 0 Å². The zero-order valence-electron chi connectivity index (χ0n) is 10.1. The fraction of sp³-hybridized carbons (Fsp3) is 0.364. The summed E-state index contributed by atoms with van der Waals surface area (Å²) in [5.41, 5.74) is 6.41. The van der Waals surface area contributed by atoms with Gasteiger partial charge >= 0.3 is 0 Å². The lowest BCUT2D eigenvalue weighted by atomic mass is 10.1. The molecular weight excluding hydrogens is 254 g/mol. The third-order valence-electron chi connectivity index (χ3n) is 2.32. The number of rotatable bonds is 4. The molecule has 0 fully saturated rings. The molecule has 0 aliphatic heterocycles. The molecule has 0 aliphatic rings. The number of hydrogen-bond acceptors (Lipinski definition) is 6. The first-order chi connectivity index (χ1) is 8.54. The monoisotopic (exact) mass is 267 g/mol. The van der Waals surface area contributed by atoms with Gasteiger partial charge < -0.3 is 15.6 Å². The van der Waals surface area contributed by atoms with Crippen molar-refractivity contribution in [2.45, 2.75) is 26.3 Å². The van der Waals surface area contributed by atoms with E-state index in [0.717, 1.165) is 11.5 Å². The Hall–Kier alpha value is -1.82. The Balaban J connectivity index is 2.02. The van der Waals surface area contributed by atoms with E-state index in [1.807, 2.05) is 6.07 Å². The van der Waals surface area contributed by atoms with E-state index in [4.69, 9.17) is 21.9 Å². The van der Waals surface area contributed by atoms with Gasteiger partial charge in [0, 0.05) is 12.1 Å². The van der Waals surface area contributed by atoms with Crippen LogP contribution in [0.15, 0.2) is 16.7 Å². The average Bonchev–Trinajstić information content (AvgIpc) is 2.73. The van der Waals surface area contributed by atoms with Gasteiger partial charge in [0.1, 0.15) is 11.0 Å². The molecule has 0 aliphatic carbocycles. The van der Waals surface area contributed by atoms with Crippen LogP contribution in [0.2, 0.25) is 5.15 Å². The molecule has 96 valence electrons. The number of aromatic nitrogens is 3. The number of nitrogen functional groups attached to an aromatic ring is 1. The minimum absolute atomic E-state index is 0.130. The topological polar surface area (TPSA) is 89.9 Å². The van der Waals surface area contributed by atoms with Gasteiger partial charge in [-0.1, -0.05) is 30.6 Å². The second-order valence-electron chi connectivity index (χ2n) is 4.16. The summed E-state index contributed by atoms with van der Waals surface area (Å²) in [6.45, 7) is 4.58. The molecule has 0 radical (unpaired) electrons. The van der Waals surface area contributed by atoms with Gasteiger partial charge in [0.25, 0.3) is 0 Å². The van der Waals surface area contributed by atoms with Crippen molar-refractivity contribution in [1.29, 1.82) is 0 Å². The highest BCUT2D eigenvalue weighted by Crippen LogP contribution is 2.16.